The predicted molar refractivity (Wildman–Crippen MR) is 80.1 cm³/mol. The number of nitro groups is 1. The molecule has 0 atom stereocenters. The highest BCUT2D eigenvalue weighted by molar-refractivity contribution is 5.94. The zero-order valence-electron chi connectivity index (χ0n) is 11.9. The summed E-state index contributed by atoms with van der Waals surface area (Å²) in [6, 6.07) is 14.5. The van der Waals surface area contributed by atoms with Crippen molar-refractivity contribution in [1.82, 2.24) is 4.90 Å². The molecule has 0 fully saturated rings. The van der Waals surface area contributed by atoms with E-state index in [2.05, 4.69) is 0 Å². The van der Waals surface area contributed by atoms with Crippen LogP contribution in [0.1, 0.15) is 21.5 Å². The van der Waals surface area contributed by atoms with Gasteiger partial charge < -0.3 is 4.90 Å². The third-order valence-corrected chi connectivity index (χ3v) is 3.17. The number of nitro benzene ring substituents is 1. The monoisotopic (exact) mass is 295 g/mol. The topological polar surface area (TPSA) is 87.2 Å². The van der Waals surface area contributed by atoms with Gasteiger partial charge in [-0.25, -0.2) is 0 Å². The minimum Gasteiger partial charge on any atom is -0.337 e. The molecular formula is C16H13N3O3. The van der Waals surface area contributed by atoms with E-state index in [-0.39, 0.29) is 11.6 Å². The normalized spacial score (nSPS) is 9.82. The van der Waals surface area contributed by atoms with Crippen molar-refractivity contribution in [3.8, 4) is 6.07 Å². The zero-order chi connectivity index (χ0) is 16.1. The third kappa shape index (κ3) is 3.46. The van der Waals surface area contributed by atoms with Crippen molar-refractivity contribution in [2.24, 2.45) is 0 Å². The Kier molecular flexibility index (Phi) is 4.49. The second-order valence-electron chi connectivity index (χ2n) is 4.77. The van der Waals surface area contributed by atoms with Crippen molar-refractivity contribution in [1.29, 1.82) is 5.26 Å². The maximum absolute atomic E-state index is 12.3. The van der Waals surface area contributed by atoms with E-state index in [4.69, 9.17) is 5.26 Å². The number of nitriles is 1. The van der Waals surface area contributed by atoms with Gasteiger partial charge in [0.05, 0.1) is 16.6 Å². The van der Waals surface area contributed by atoms with Crippen LogP contribution in [0.25, 0.3) is 0 Å². The van der Waals surface area contributed by atoms with Crippen LogP contribution in [-0.4, -0.2) is 22.8 Å². The Labute approximate surface area is 127 Å². The van der Waals surface area contributed by atoms with Crippen molar-refractivity contribution >= 4 is 11.6 Å². The summed E-state index contributed by atoms with van der Waals surface area (Å²) in [5, 5.41) is 19.3. The van der Waals surface area contributed by atoms with Crippen LogP contribution in [0.4, 0.5) is 5.69 Å². The van der Waals surface area contributed by atoms with Gasteiger partial charge >= 0.3 is 0 Å². The summed E-state index contributed by atoms with van der Waals surface area (Å²) in [6.07, 6.45) is 0. The van der Waals surface area contributed by atoms with Crippen LogP contribution < -0.4 is 0 Å². The van der Waals surface area contributed by atoms with E-state index in [1.54, 1.807) is 31.3 Å². The Morgan fingerprint density at radius 2 is 1.77 bits per heavy atom. The van der Waals surface area contributed by atoms with Gasteiger partial charge in [0.15, 0.2) is 0 Å². The Balaban J connectivity index is 2.07. The van der Waals surface area contributed by atoms with E-state index in [0.717, 1.165) is 5.56 Å². The second-order valence-corrected chi connectivity index (χ2v) is 4.77. The molecule has 1 amide bonds. The molecule has 0 N–H and O–H groups in total. The first-order chi connectivity index (χ1) is 10.5. The summed E-state index contributed by atoms with van der Waals surface area (Å²) in [5.74, 6) is -0.223. The summed E-state index contributed by atoms with van der Waals surface area (Å²) in [6.45, 7) is 0.390. The molecule has 6 nitrogen and oxygen atoms in total. The number of hydrogen-bond acceptors (Lipinski definition) is 4. The summed E-state index contributed by atoms with van der Waals surface area (Å²) < 4.78 is 0. The largest absolute Gasteiger partial charge is 0.337 e. The molecule has 0 unspecified atom stereocenters. The molecule has 22 heavy (non-hydrogen) atoms. The standard InChI is InChI=1S/C16H13N3O3/c1-18(11-13-4-2-12(10-17)3-5-13)16(20)14-6-8-15(9-7-14)19(21)22/h2-9H,11H2,1H3. The first-order valence-electron chi connectivity index (χ1n) is 6.50. The molecule has 2 aromatic rings. The van der Waals surface area contributed by atoms with Crippen LogP contribution >= 0.6 is 0 Å². The smallest absolute Gasteiger partial charge is 0.269 e. The SMILES string of the molecule is CN(Cc1ccc(C#N)cc1)C(=O)c1ccc([N+](=O)[O-])cc1. The number of hydrogen-bond donors (Lipinski definition) is 0. The fraction of sp³-hybridized carbons (Fsp3) is 0.125. The van der Waals surface area contributed by atoms with Crippen molar-refractivity contribution in [3.63, 3.8) is 0 Å². The lowest BCUT2D eigenvalue weighted by atomic mass is 10.1. The van der Waals surface area contributed by atoms with Gasteiger partial charge in [0.2, 0.25) is 0 Å². The van der Waals surface area contributed by atoms with Crippen LogP contribution in [0.3, 0.4) is 0 Å². The van der Waals surface area contributed by atoms with E-state index in [0.29, 0.717) is 17.7 Å². The third-order valence-electron chi connectivity index (χ3n) is 3.17. The van der Waals surface area contributed by atoms with E-state index in [1.807, 2.05) is 6.07 Å². The van der Waals surface area contributed by atoms with Gasteiger partial charge in [0.1, 0.15) is 0 Å². The molecule has 0 radical (unpaired) electrons. The quantitative estimate of drug-likeness (QED) is 0.641. The van der Waals surface area contributed by atoms with E-state index in [9.17, 15) is 14.9 Å². The molecule has 2 rings (SSSR count). The zero-order valence-corrected chi connectivity index (χ0v) is 11.9. The molecule has 0 aromatic heterocycles. The molecule has 6 heteroatoms. The van der Waals surface area contributed by atoms with Gasteiger partial charge in [-0.2, -0.15) is 5.26 Å². The number of amides is 1. The first-order valence-corrected chi connectivity index (χ1v) is 6.50. The van der Waals surface area contributed by atoms with Crippen molar-refractivity contribution < 1.29 is 9.72 Å². The molecule has 0 spiro atoms. The van der Waals surface area contributed by atoms with Crippen molar-refractivity contribution in [2.75, 3.05) is 7.05 Å². The molecule has 0 aliphatic carbocycles. The second kappa shape index (κ2) is 6.50. The summed E-state index contributed by atoms with van der Waals surface area (Å²) in [5.41, 5.74) is 1.80. The summed E-state index contributed by atoms with van der Waals surface area (Å²) >= 11 is 0. The Hall–Kier alpha value is -3.20. The van der Waals surface area contributed by atoms with Gasteiger partial charge in [-0.05, 0) is 29.8 Å². The summed E-state index contributed by atoms with van der Waals surface area (Å²) in [4.78, 5) is 23.9. The number of non-ortho nitro benzene ring substituents is 1. The lowest BCUT2D eigenvalue weighted by molar-refractivity contribution is -0.384. The Morgan fingerprint density at radius 1 is 1.18 bits per heavy atom. The molecule has 2 aromatic carbocycles. The molecule has 110 valence electrons. The number of carbonyl (C=O) groups is 1. The highest BCUT2D eigenvalue weighted by Crippen LogP contribution is 2.14. The van der Waals surface area contributed by atoms with Gasteiger partial charge in [0.25, 0.3) is 11.6 Å². The first kappa shape index (κ1) is 15.2. The molecule has 0 bridgehead atoms. The Bertz CT molecular complexity index is 731. The maximum atomic E-state index is 12.3. The maximum Gasteiger partial charge on any atom is 0.269 e. The lowest BCUT2D eigenvalue weighted by Gasteiger charge is -2.17. The Morgan fingerprint density at radius 3 is 2.27 bits per heavy atom. The van der Waals surface area contributed by atoms with Gasteiger partial charge in [-0.1, -0.05) is 12.1 Å². The van der Waals surface area contributed by atoms with Crippen molar-refractivity contribution in [3.05, 3.63) is 75.3 Å². The summed E-state index contributed by atoms with van der Waals surface area (Å²) in [7, 11) is 1.65. The van der Waals surface area contributed by atoms with Crippen LogP contribution in [0.5, 0.6) is 0 Å². The molecule has 0 saturated carbocycles. The van der Waals surface area contributed by atoms with Gasteiger partial charge in [0, 0.05) is 31.3 Å². The number of carbonyl (C=O) groups excluding carboxylic acids is 1. The highest BCUT2D eigenvalue weighted by Gasteiger charge is 2.13. The van der Waals surface area contributed by atoms with Gasteiger partial charge in [-0.15, -0.1) is 0 Å². The lowest BCUT2D eigenvalue weighted by Crippen LogP contribution is -2.26. The molecular weight excluding hydrogens is 282 g/mol. The fourth-order valence-electron chi connectivity index (χ4n) is 1.98. The predicted octanol–water partition coefficient (Wildman–Crippen LogP) is 2.74. The van der Waals surface area contributed by atoms with Crippen LogP contribution in [-0.2, 0) is 6.54 Å². The van der Waals surface area contributed by atoms with Crippen LogP contribution in [0, 0.1) is 21.4 Å². The molecule has 0 aliphatic heterocycles. The van der Waals surface area contributed by atoms with Crippen LogP contribution in [0.15, 0.2) is 48.5 Å². The average Bonchev–Trinajstić information content (AvgIpc) is 2.55. The fourth-order valence-corrected chi connectivity index (χ4v) is 1.98. The van der Waals surface area contributed by atoms with E-state index < -0.39 is 4.92 Å². The number of rotatable bonds is 4. The van der Waals surface area contributed by atoms with Gasteiger partial charge in [-0.3, -0.25) is 14.9 Å². The highest BCUT2D eigenvalue weighted by atomic mass is 16.6. The minimum absolute atomic E-state index is 0.0497. The number of benzene rings is 2. The molecule has 0 saturated heterocycles. The van der Waals surface area contributed by atoms with Crippen molar-refractivity contribution in [2.45, 2.75) is 6.54 Å². The average molecular weight is 295 g/mol. The molecule has 0 heterocycles. The molecule has 0 aliphatic rings. The van der Waals surface area contributed by atoms with E-state index in [1.165, 1.54) is 29.2 Å². The number of nitrogens with zero attached hydrogens (tertiary/aromatic N) is 3. The van der Waals surface area contributed by atoms with Crippen LogP contribution in [0.2, 0.25) is 0 Å². The minimum atomic E-state index is -0.505. The van der Waals surface area contributed by atoms with E-state index >= 15 is 0 Å².